The minimum absolute atomic E-state index is 0.0117. The molecule has 3 rings (SSSR count). The van der Waals surface area contributed by atoms with Crippen molar-refractivity contribution in [1.82, 2.24) is 0 Å². The third-order valence-electron chi connectivity index (χ3n) is 5.29. The van der Waals surface area contributed by atoms with Gasteiger partial charge in [-0.05, 0) is 60.9 Å². The van der Waals surface area contributed by atoms with Crippen LogP contribution in [0.25, 0.3) is 0 Å². The summed E-state index contributed by atoms with van der Waals surface area (Å²) in [5.41, 5.74) is 4.46. The predicted octanol–water partition coefficient (Wildman–Crippen LogP) is 4.17. The van der Waals surface area contributed by atoms with Crippen molar-refractivity contribution in [2.24, 2.45) is 11.8 Å². The highest BCUT2D eigenvalue weighted by atomic mass is 19.1. The Balaban J connectivity index is 1.90. The van der Waals surface area contributed by atoms with E-state index in [-0.39, 0.29) is 30.2 Å². The molecule has 0 radical (unpaired) electrons. The van der Waals surface area contributed by atoms with E-state index in [4.69, 9.17) is 0 Å². The summed E-state index contributed by atoms with van der Waals surface area (Å²) in [7, 11) is 0. The van der Waals surface area contributed by atoms with Gasteiger partial charge in [0.05, 0.1) is 6.61 Å². The Hall–Kier alpha value is -2.20. The monoisotopic (exact) mass is 355 g/mol. The van der Waals surface area contributed by atoms with Crippen molar-refractivity contribution in [2.75, 3.05) is 11.4 Å². The van der Waals surface area contributed by atoms with Crippen LogP contribution in [-0.2, 0) is 17.8 Å². The molecule has 2 aromatic carbocycles. The first-order chi connectivity index (χ1) is 12.4. The molecule has 0 spiro atoms. The average Bonchev–Trinajstić information content (AvgIpc) is 2.60. The molecule has 4 heteroatoms. The van der Waals surface area contributed by atoms with E-state index in [1.54, 1.807) is 6.07 Å². The van der Waals surface area contributed by atoms with Crippen LogP contribution in [0, 0.1) is 31.5 Å². The quantitative estimate of drug-likeness (QED) is 0.894. The highest BCUT2D eigenvalue weighted by Crippen LogP contribution is 2.34. The first kappa shape index (κ1) is 18.6. The van der Waals surface area contributed by atoms with Crippen molar-refractivity contribution < 1.29 is 14.3 Å². The van der Waals surface area contributed by atoms with Gasteiger partial charge in [-0.1, -0.05) is 37.3 Å². The van der Waals surface area contributed by atoms with Crippen LogP contribution in [0.5, 0.6) is 0 Å². The van der Waals surface area contributed by atoms with E-state index in [0.717, 1.165) is 28.8 Å². The first-order valence-corrected chi connectivity index (χ1v) is 9.16. The fourth-order valence-electron chi connectivity index (χ4n) is 4.18. The molecule has 1 amide bonds. The third kappa shape index (κ3) is 3.65. The maximum atomic E-state index is 14.0. The average molecular weight is 355 g/mol. The highest BCUT2D eigenvalue weighted by Gasteiger charge is 2.34. The molecular weight excluding hydrogens is 329 g/mol. The molecule has 1 N–H and O–H groups in total. The fourth-order valence-corrected chi connectivity index (χ4v) is 4.18. The number of anilines is 1. The largest absolute Gasteiger partial charge is 0.392 e. The lowest BCUT2D eigenvalue weighted by molar-refractivity contribution is -0.124. The predicted molar refractivity (Wildman–Crippen MR) is 102 cm³/mol. The van der Waals surface area contributed by atoms with Gasteiger partial charge in [-0.3, -0.25) is 4.79 Å². The van der Waals surface area contributed by atoms with Crippen molar-refractivity contribution in [2.45, 2.75) is 40.2 Å². The Kier molecular flexibility index (Phi) is 5.42. The summed E-state index contributed by atoms with van der Waals surface area (Å²) in [4.78, 5) is 14.7. The summed E-state index contributed by atoms with van der Waals surface area (Å²) >= 11 is 0. The third-order valence-corrected chi connectivity index (χ3v) is 5.29. The number of nitrogens with zero attached hydrogens (tertiary/aromatic N) is 1. The lowest BCUT2D eigenvalue weighted by atomic mass is 9.84. The van der Waals surface area contributed by atoms with Gasteiger partial charge >= 0.3 is 0 Å². The molecule has 138 valence electrons. The SMILES string of the molecule is Cc1cc(CO)cc(C)c1N1C[C@@H](Cc2ccccc2F)C[C@@H](C)C1=O. The Morgan fingerprint density at radius 3 is 2.46 bits per heavy atom. The number of carbonyl (C=O) groups excluding carboxylic acids is 1. The second-order valence-electron chi connectivity index (χ2n) is 7.48. The van der Waals surface area contributed by atoms with Crippen LogP contribution in [0.15, 0.2) is 36.4 Å². The van der Waals surface area contributed by atoms with Crippen molar-refractivity contribution >= 4 is 11.6 Å². The van der Waals surface area contributed by atoms with Crippen LogP contribution in [0.1, 0.15) is 35.6 Å². The van der Waals surface area contributed by atoms with Gasteiger partial charge in [0.25, 0.3) is 0 Å². The molecular formula is C22H26FNO2. The molecule has 1 saturated heterocycles. The summed E-state index contributed by atoms with van der Waals surface area (Å²) in [6.07, 6.45) is 1.41. The summed E-state index contributed by atoms with van der Waals surface area (Å²) in [6.45, 7) is 6.48. The van der Waals surface area contributed by atoms with E-state index < -0.39 is 0 Å². The standard InChI is InChI=1S/C22H26FNO2/c1-14-8-18(13-25)9-15(2)21(14)24-12-17(10-16(3)22(24)26)11-19-6-4-5-7-20(19)23/h4-9,16-17,25H,10-13H2,1-3H3/t16-,17-/m1/s1. The second kappa shape index (κ2) is 7.58. The number of amides is 1. The second-order valence-corrected chi connectivity index (χ2v) is 7.48. The molecule has 2 atom stereocenters. The summed E-state index contributed by atoms with van der Waals surface area (Å²) in [6, 6.07) is 10.7. The maximum absolute atomic E-state index is 14.0. The van der Waals surface area contributed by atoms with Gasteiger partial charge in [0.2, 0.25) is 5.91 Å². The molecule has 0 unspecified atom stereocenters. The van der Waals surface area contributed by atoms with Gasteiger partial charge in [0.15, 0.2) is 0 Å². The lowest BCUT2D eigenvalue weighted by Gasteiger charge is -2.38. The lowest BCUT2D eigenvalue weighted by Crippen LogP contribution is -2.46. The van der Waals surface area contributed by atoms with Gasteiger partial charge in [0.1, 0.15) is 5.82 Å². The number of rotatable bonds is 4. The van der Waals surface area contributed by atoms with Gasteiger partial charge in [-0.25, -0.2) is 4.39 Å². The maximum Gasteiger partial charge on any atom is 0.229 e. The van der Waals surface area contributed by atoms with Crippen LogP contribution in [-0.4, -0.2) is 17.6 Å². The van der Waals surface area contributed by atoms with Crippen molar-refractivity contribution in [3.8, 4) is 0 Å². The first-order valence-electron chi connectivity index (χ1n) is 9.16. The van der Waals surface area contributed by atoms with Crippen LogP contribution in [0.4, 0.5) is 10.1 Å². The molecule has 0 aromatic heterocycles. The normalized spacial score (nSPS) is 20.5. The molecule has 1 heterocycles. The van der Waals surface area contributed by atoms with E-state index in [9.17, 15) is 14.3 Å². The number of halogens is 1. The van der Waals surface area contributed by atoms with Crippen LogP contribution in [0.3, 0.4) is 0 Å². The van der Waals surface area contributed by atoms with Crippen molar-refractivity contribution in [3.05, 3.63) is 64.5 Å². The number of aliphatic hydroxyl groups excluding tert-OH is 1. The molecule has 26 heavy (non-hydrogen) atoms. The van der Waals surface area contributed by atoms with Crippen molar-refractivity contribution in [3.63, 3.8) is 0 Å². The summed E-state index contributed by atoms with van der Waals surface area (Å²) in [5.74, 6) is 0.0776. The van der Waals surface area contributed by atoms with Crippen molar-refractivity contribution in [1.29, 1.82) is 0 Å². The van der Waals surface area contributed by atoms with Gasteiger partial charge in [0, 0.05) is 18.2 Å². The number of hydrogen-bond acceptors (Lipinski definition) is 2. The number of hydrogen-bond donors (Lipinski definition) is 1. The molecule has 1 fully saturated rings. The molecule has 0 aliphatic carbocycles. The van der Waals surface area contributed by atoms with E-state index in [2.05, 4.69) is 0 Å². The van der Waals surface area contributed by atoms with Crippen LogP contribution >= 0.6 is 0 Å². The summed E-state index contributed by atoms with van der Waals surface area (Å²) in [5, 5.41) is 9.40. The number of aliphatic hydroxyl groups is 1. The zero-order chi connectivity index (χ0) is 18.8. The van der Waals surface area contributed by atoms with E-state index in [0.29, 0.717) is 18.5 Å². The Morgan fingerprint density at radius 2 is 1.85 bits per heavy atom. The number of piperidine rings is 1. The van der Waals surface area contributed by atoms with E-state index in [1.165, 1.54) is 6.07 Å². The highest BCUT2D eigenvalue weighted by molar-refractivity contribution is 5.97. The zero-order valence-electron chi connectivity index (χ0n) is 15.6. The summed E-state index contributed by atoms with van der Waals surface area (Å²) < 4.78 is 14.0. The Morgan fingerprint density at radius 1 is 1.19 bits per heavy atom. The zero-order valence-corrected chi connectivity index (χ0v) is 15.6. The van der Waals surface area contributed by atoms with Crippen LogP contribution < -0.4 is 4.90 Å². The molecule has 0 bridgehead atoms. The Labute approximate surface area is 154 Å². The molecule has 1 aliphatic rings. The number of aryl methyl sites for hydroxylation is 2. The number of carbonyl (C=O) groups is 1. The fraction of sp³-hybridized carbons (Fsp3) is 0.409. The number of benzene rings is 2. The molecule has 3 nitrogen and oxygen atoms in total. The van der Waals surface area contributed by atoms with Gasteiger partial charge in [-0.2, -0.15) is 0 Å². The van der Waals surface area contributed by atoms with E-state index in [1.807, 2.05) is 49.9 Å². The smallest absolute Gasteiger partial charge is 0.229 e. The minimum atomic E-state index is -0.178. The van der Waals surface area contributed by atoms with Gasteiger partial charge in [-0.15, -0.1) is 0 Å². The molecule has 1 aliphatic heterocycles. The minimum Gasteiger partial charge on any atom is -0.392 e. The van der Waals surface area contributed by atoms with Gasteiger partial charge < -0.3 is 10.0 Å². The Bertz CT molecular complexity index is 795. The van der Waals surface area contributed by atoms with Crippen LogP contribution in [0.2, 0.25) is 0 Å². The molecule has 2 aromatic rings. The van der Waals surface area contributed by atoms with E-state index >= 15 is 0 Å². The topological polar surface area (TPSA) is 40.5 Å². The molecule has 0 saturated carbocycles.